The number of benzene rings is 2. The molecule has 0 aromatic heterocycles. The van der Waals surface area contributed by atoms with Gasteiger partial charge >= 0.3 is 0 Å². The van der Waals surface area contributed by atoms with Gasteiger partial charge in [0, 0.05) is 18.2 Å². The summed E-state index contributed by atoms with van der Waals surface area (Å²) in [5.74, 6) is 0.314. The summed E-state index contributed by atoms with van der Waals surface area (Å²) in [7, 11) is 0. The first kappa shape index (κ1) is 19.9. The second-order valence-electron chi connectivity index (χ2n) is 6.50. The van der Waals surface area contributed by atoms with E-state index in [-0.39, 0.29) is 17.6 Å². The Morgan fingerprint density at radius 2 is 2.00 bits per heavy atom. The van der Waals surface area contributed by atoms with E-state index in [1.54, 1.807) is 18.2 Å². The number of carbonyl (C=O) groups is 1. The van der Waals surface area contributed by atoms with Gasteiger partial charge in [0.15, 0.2) is 0 Å². The molecule has 5 nitrogen and oxygen atoms in total. The zero-order valence-electron chi connectivity index (χ0n) is 15.4. The SMILES string of the molecule is N#C/C(=C\c1ccc(OCc2ccc(Cl)cc2)cc1)C(=O)NC[C@@H]1CCCO1. The Bertz CT molecular complexity index is 864. The van der Waals surface area contributed by atoms with E-state index in [2.05, 4.69) is 5.32 Å². The number of ether oxygens (including phenoxy) is 2. The smallest absolute Gasteiger partial charge is 0.262 e. The number of amides is 1. The summed E-state index contributed by atoms with van der Waals surface area (Å²) in [6, 6.07) is 16.6. The molecule has 144 valence electrons. The maximum Gasteiger partial charge on any atom is 0.262 e. The Morgan fingerprint density at radius 3 is 2.64 bits per heavy atom. The highest BCUT2D eigenvalue weighted by Crippen LogP contribution is 2.17. The molecule has 3 rings (SSSR count). The lowest BCUT2D eigenvalue weighted by molar-refractivity contribution is -0.117. The Morgan fingerprint density at radius 1 is 1.25 bits per heavy atom. The maximum absolute atomic E-state index is 12.2. The molecule has 1 aliphatic heterocycles. The lowest BCUT2D eigenvalue weighted by Gasteiger charge is -2.10. The van der Waals surface area contributed by atoms with E-state index in [1.807, 2.05) is 42.5 Å². The third-order valence-corrected chi connectivity index (χ3v) is 4.64. The second-order valence-corrected chi connectivity index (χ2v) is 6.94. The van der Waals surface area contributed by atoms with Gasteiger partial charge in [0.25, 0.3) is 5.91 Å². The van der Waals surface area contributed by atoms with Gasteiger partial charge in [-0.05, 0) is 54.3 Å². The topological polar surface area (TPSA) is 71.3 Å². The minimum Gasteiger partial charge on any atom is -0.489 e. The zero-order valence-corrected chi connectivity index (χ0v) is 16.1. The van der Waals surface area contributed by atoms with E-state index < -0.39 is 0 Å². The van der Waals surface area contributed by atoms with Crippen molar-refractivity contribution in [2.24, 2.45) is 0 Å². The van der Waals surface area contributed by atoms with Crippen molar-refractivity contribution < 1.29 is 14.3 Å². The number of halogens is 1. The summed E-state index contributed by atoms with van der Waals surface area (Å²) in [5.41, 5.74) is 1.83. The first-order valence-electron chi connectivity index (χ1n) is 9.13. The molecule has 2 aromatic carbocycles. The van der Waals surface area contributed by atoms with Crippen molar-refractivity contribution in [3.8, 4) is 11.8 Å². The predicted molar refractivity (Wildman–Crippen MR) is 108 cm³/mol. The molecule has 1 fully saturated rings. The Hall–Kier alpha value is -2.81. The number of carbonyl (C=O) groups excluding carboxylic acids is 1. The molecule has 0 bridgehead atoms. The third kappa shape index (κ3) is 5.85. The van der Waals surface area contributed by atoms with Crippen LogP contribution in [0, 0.1) is 11.3 Å². The fraction of sp³-hybridized carbons (Fsp3) is 0.273. The molecule has 0 aliphatic carbocycles. The molecular weight excluding hydrogens is 376 g/mol. The van der Waals surface area contributed by atoms with E-state index in [9.17, 15) is 10.1 Å². The summed E-state index contributed by atoms with van der Waals surface area (Å²) < 4.78 is 11.2. The van der Waals surface area contributed by atoms with E-state index in [4.69, 9.17) is 21.1 Å². The van der Waals surface area contributed by atoms with Crippen molar-refractivity contribution in [3.05, 3.63) is 70.3 Å². The van der Waals surface area contributed by atoms with Crippen molar-refractivity contribution in [2.75, 3.05) is 13.2 Å². The Labute approximate surface area is 169 Å². The zero-order chi connectivity index (χ0) is 19.8. The average molecular weight is 397 g/mol. The number of nitrogens with zero attached hydrogens (tertiary/aromatic N) is 1. The molecular formula is C22H21ClN2O3. The van der Waals surface area contributed by atoms with Crippen LogP contribution in [0.4, 0.5) is 0 Å². The van der Waals surface area contributed by atoms with Crippen LogP contribution in [0.15, 0.2) is 54.1 Å². The van der Waals surface area contributed by atoms with Crippen LogP contribution in [0.3, 0.4) is 0 Å². The highest BCUT2D eigenvalue weighted by molar-refractivity contribution is 6.30. The summed E-state index contributed by atoms with van der Waals surface area (Å²) in [6.45, 7) is 1.59. The van der Waals surface area contributed by atoms with E-state index in [0.29, 0.717) is 23.9 Å². The van der Waals surface area contributed by atoms with Crippen LogP contribution in [-0.2, 0) is 16.1 Å². The van der Waals surface area contributed by atoms with Crippen molar-refractivity contribution >= 4 is 23.6 Å². The maximum atomic E-state index is 12.2. The first-order chi connectivity index (χ1) is 13.6. The molecule has 0 spiro atoms. The van der Waals surface area contributed by atoms with E-state index >= 15 is 0 Å². The Kier molecular flexibility index (Phi) is 7.07. The van der Waals surface area contributed by atoms with Gasteiger partial charge in [-0.2, -0.15) is 5.26 Å². The van der Waals surface area contributed by atoms with Crippen LogP contribution in [0.2, 0.25) is 5.02 Å². The molecule has 6 heteroatoms. The molecule has 1 heterocycles. The van der Waals surface area contributed by atoms with Gasteiger partial charge in [-0.1, -0.05) is 35.9 Å². The number of hydrogen-bond donors (Lipinski definition) is 1. The minimum absolute atomic E-state index is 0.0426. The normalized spacial score (nSPS) is 16.4. The average Bonchev–Trinajstić information content (AvgIpc) is 3.24. The quantitative estimate of drug-likeness (QED) is 0.564. The molecule has 1 N–H and O–H groups in total. The van der Waals surface area contributed by atoms with Crippen LogP contribution in [-0.4, -0.2) is 25.2 Å². The first-order valence-corrected chi connectivity index (χ1v) is 9.51. The number of nitrogens with one attached hydrogen (secondary N) is 1. The molecule has 1 aliphatic rings. The highest BCUT2D eigenvalue weighted by atomic mass is 35.5. The summed E-state index contributed by atoms with van der Waals surface area (Å²) in [6.07, 6.45) is 3.55. The van der Waals surface area contributed by atoms with Gasteiger partial charge in [-0.25, -0.2) is 0 Å². The van der Waals surface area contributed by atoms with Crippen molar-refractivity contribution in [1.29, 1.82) is 5.26 Å². The monoisotopic (exact) mass is 396 g/mol. The summed E-state index contributed by atoms with van der Waals surface area (Å²) in [4.78, 5) is 12.2. The van der Waals surface area contributed by atoms with Gasteiger partial charge in [-0.3, -0.25) is 4.79 Å². The highest BCUT2D eigenvalue weighted by Gasteiger charge is 2.17. The number of hydrogen-bond acceptors (Lipinski definition) is 4. The summed E-state index contributed by atoms with van der Waals surface area (Å²) in [5, 5.41) is 12.7. The van der Waals surface area contributed by atoms with Gasteiger partial charge < -0.3 is 14.8 Å². The lowest BCUT2D eigenvalue weighted by Crippen LogP contribution is -2.32. The molecule has 0 unspecified atom stereocenters. The third-order valence-electron chi connectivity index (χ3n) is 4.39. The van der Waals surface area contributed by atoms with Gasteiger partial charge in [0.1, 0.15) is 24.0 Å². The van der Waals surface area contributed by atoms with Gasteiger partial charge in [-0.15, -0.1) is 0 Å². The van der Waals surface area contributed by atoms with Gasteiger partial charge in [0.05, 0.1) is 6.10 Å². The number of nitriles is 1. The number of rotatable bonds is 7. The van der Waals surface area contributed by atoms with Crippen molar-refractivity contribution in [2.45, 2.75) is 25.6 Å². The van der Waals surface area contributed by atoms with Crippen LogP contribution >= 0.6 is 11.6 Å². The standard InChI is InChI=1S/C22H21ClN2O3/c23-19-7-3-17(4-8-19)15-28-20-9-5-16(6-10-20)12-18(13-24)22(26)25-14-21-2-1-11-27-21/h3-10,12,21H,1-2,11,14-15H2,(H,25,26)/b18-12+/t21-/m0/s1. The fourth-order valence-electron chi connectivity index (χ4n) is 2.83. The molecule has 0 radical (unpaired) electrons. The Balaban J connectivity index is 1.55. The van der Waals surface area contributed by atoms with Crippen molar-refractivity contribution in [3.63, 3.8) is 0 Å². The van der Waals surface area contributed by atoms with Crippen LogP contribution in [0.5, 0.6) is 5.75 Å². The molecule has 1 atom stereocenters. The van der Waals surface area contributed by atoms with Crippen LogP contribution < -0.4 is 10.1 Å². The fourth-order valence-corrected chi connectivity index (χ4v) is 2.96. The van der Waals surface area contributed by atoms with Gasteiger partial charge in [0.2, 0.25) is 0 Å². The molecule has 1 saturated heterocycles. The van der Waals surface area contributed by atoms with Crippen LogP contribution in [0.25, 0.3) is 6.08 Å². The van der Waals surface area contributed by atoms with E-state index in [0.717, 1.165) is 30.6 Å². The lowest BCUT2D eigenvalue weighted by atomic mass is 10.1. The molecule has 0 saturated carbocycles. The van der Waals surface area contributed by atoms with E-state index in [1.165, 1.54) is 0 Å². The summed E-state index contributed by atoms with van der Waals surface area (Å²) >= 11 is 5.87. The largest absolute Gasteiger partial charge is 0.489 e. The molecule has 1 amide bonds. The molecule has 28 heavy (non-hydrogen) atoms. The van der Waals surface area contributed by atoms with Crippen LogP contribution in [0.1, 0.15) is 24.0 Å². The predicted octanol–water partition coefficient (Wildman–Crippen LogP) is 4.12. The molecule has 2 aromatic rings. The second kappa shape index (κ2) is 9.93. The minimum atomic E-state index is -0.388. The van der Waals surface area contributed by atoms with Crippen molar-refractivity contribution in [1.82, 2.24) is 5.32 Å².